The second kappa shape index (κ2) is 15.4. The summed E-state index contributed by atoms with van der Waals surface area (Å²) in [4.78, 5) is 7.64. The highest BCUT2D eigenvalue weighted by atomic mass is 15.2. The van der Waals surface area contributed by atoms with Gasteiger partial charge in [0, 0.05) is 56.6 Å². The van der Waals surface area contributed by atoms with Crippen LogP contribution >= 0.6 is 0 Å². The van der Waals surface area contributed by atoms with Gasteiger partial charge in [0.25, 0.3) is 6.71 Å². The first-order chi connectivity index (χ1) is 32.3. The fourth-order valence-electron chi connectivity index (χ4n) is 11.3. The molecule has 0 N–H and O–H groups in total. The summed E-state index contributed by atoms with van der Waals surface area (Å²) < 4.78 is 0. The molecule has 0 radical (unpaired) electrons. The second-order valence-electron chi connectivity index (χ2n) is 23.2. The molecule has 0 bridgehead atoms. The van der Waals surface area contributed by atoms with Crippen LogP contribution in [0.3, 0.4) is 0 Å². The van der Waals surface area contributed by atoms with E-state index < -0.39 is 0 Å². The summed E-state index contributed by atoms with van der Waals surface area (Å²) >= 11 is 0. The zero-order chi connectivity index (χ0) is 47.7. The lowest BCUT2D eigenvalue weighted by atomic mass is 9.33. The molecule has 2 aliphatic heterocycles. The van der Waals surface area contributed by atoms with Crippen molar-refractivity contribution in [3.05, 3.63) is 203 Å². The molecule has 0 amide bonds. The van der Waals surface area contributed by atoms with Gasteiger partial charge in [-0.05, 0) is 157 Å². The van der Waals surface area contributed by atoms with E-state index in [2.05, 4.69) is 268 Å². The highest BCUT2D eigenvalue weighted by molar-refractivity contribution is 7.00. The van der Waals surface area contributed by atoms with Gasteiger partial charge in [-0.3, -0.25) is 0 Å². The number of fused-ring (bicyclic) bond motifs is 7. The monoisotopic (exact) mass is 886 g/mol. The minimum atomic E-state index is -0.135. The molecule has 0 spiro atoms. The third-order valence-corrected chi connectivity index (χ3v) is 15.2. The van der Waals surface area contributed by atoms with Gasteiger partial charge in [-0.1, -0.05) is 173 Å². The summed E-state index contributed by atoms with van der Waals surface area (Å²) in [5, 5.41) is 0. The molecule has 68 heavy (non-hydrogen) atoms. The normalized spacial score (nSPS) is 14.5. The van der Waals surface area contributed by atoms with Crippen molar-refractivity contribution in [1.29, 1.82) is 0 Å². The molecule has 2 heterocycles. The zero-order valence-electron chi connectivity index (χ0n) is 42.1. The topological polar surface area (TPSA) is 9.72 Å². The van der Waals surface area contributed by atoms with Crippen LogP contribution in [0.15, 0.2) is 170 Å². The fraction of sp³-hybridized carbons (Fsp3) is 0.250. The summed E-state index contributed by atoms with van der Waals surface area (Å²) in [6.45, 7) is 28.0. The lowest BCUT2D eigenvalue weighted by Crippen LogP contribution is -2.61. The van der Waals surface area contributed by atoms with Crippen LogP contribution in [-0.2, 0) is 21.7 Å². The lowest BCUT2D eigenvalue weighted by molar-refractivity contribution is 0.590. The molecule has 338 valence electrons. The second-order valence-corrected chi connectivity index (χ2v) is 23.2. The van der Waals surface area contributed by atoms with E-state index in [1.807, 2.05) is 0 Å². The molecule has 11 rings (SSSR count). The highest BCUT2D eigenvalue weighted by Gasteiger charge is 2.45. The highest BCUT2D eigenvalue weighted by Crippen LogP contribution is 2.53. The zero-order valence-corrected chi connectivity index (χ0v) is 42.1. The van der Waals surface area contributed by atoms with Crippen LogP contribution in [0.25, 0.3) is 11.1 Å². The predicted octanol–water partition coefficient (Wildman–Crippen LogP) is 15.7. The molecule has 3 aliphatic rings. The summed E-state index contributed by atoms with van der Waals surface area (Å²) in [5.74, 6) is 0. The third kappa shape index (κ3) is 6.93. The molecule has 3 nitrogen and oxygen atoms in total. The van der Waals surface area contributed by atoms with Crippen molar-refractivity contribution in [1.82, 2.24) is 0 Å². The first-order valence-electron chi connectivity index (χ1n) is 24.6. The Kier molecular flexibility index (Phi) is 9.90. The summed E-state index contributed by atoms with van der Waals surface area (Å²) in [7, 11) is 0. The van der Waals surface area contributed by atoms with Crippen LogP contribution in [0.4, 0.5) is 51.2 Å². The van der Waals surface area contributed by atoms with E-state index >= 15 is 0 Å². The maximum Gasteiger partial charge on any atom is 0.252 e. The van der Waals surface area contributed by atoms with Crippen molar-refractivity contribution in [2.75, 3.05) is 14.7 Å². The molecular formula is C64H64BN3. The number of anilines is 9. The van der Waals surface area contributed by atoms with Gasteiger partial charge in [0.05, 0.1) is 0 Å². The smallest absolute Gasteiger partial charge is 0.252 e. The van der Waals surface area contributed by atoms with Gasteiger partial charge in [-0.15, -0.1) is 0 Å². The quantitative estimate of drug-likeness (QED) is 0.159. The number of para-hydroxylation sites is 2. The first kappa shape index (κ1) is 43.8. The van der Waals surface area contributed by atoms with E-state index in [1.54, 1.807) is 0 Å². The molecule has 0 atom stereocenters. The molecule has 0 unspecified atom stereocenters. The maximum absolute atomic E-state index is 2.61. The van der Waals surface area contributed by atoms with Crippen molar-refractivity contribution < 1.29 is 0 Å². The predicted molar refractivity (Wildman–Crippen MR) is 294 cm³/mol. The van der Waals surface area contributed by atoms with E-state index in [0.29, 0.717) is 0 Å². The molecular weight excluding hydrogens is 822 g/mol. The Morgan fingerprint density at radius 1 is 0.426 bits per heavy atom. The van der Waals surface area contributed by atoms with Crippen LogP contribution in [0.1, 0.15) is 110 Å². The van der Waals surface area contributed by atoms with Gasteiger partial charge in [-0.2, -0.15) is 0 Å². The Morgan fingerprint density at radius 2 is 1.01 bits per heavy atom. The van der Waals surface area contributed by atoms with Gasteiger partial charge in [0.1, 0.15) is 0 Å². The van der Waals surface area contributed by atoms with Crippen molar-refractivity contribution >= 4 is 74.3 Å². The number of rotatable bonds is 5. The third-order valence-electron chi connectivity index (χ3n) is 15.2. The van der Waals surface area contributed by atoms with Crippen molar-refractivity contribution in [2.45, 2.75) is 105 Å². The summed E-state index contributed by atoms with van der Waals surface area (Å²) in [6, 6.07) is 65.0. The number of hydrogen-bond acceptors (Lipinski definition) is 3. The van der Waals surface area contributed by atoms with Crippen LogP contribution in [0.2, 0.25) is 0 Å². The van der Waals surface area contributed by atoms with E-state index in [0.717, 1.165) is 17.1 Å². The lowest BCUT2D eigenvalue weighted by Gasteiger charge is -2.46. The summed E-state index contributed by atoms with van der Waals surface area (Å²) in [5.41, 5.74) is 25.0. The molecule has 1 aliphatic carbocycles. The number of aryl methyl sites for hydroxylation is 1. The molecule has 8 aromatic rings. The fourth-order valence-corrected chi connectivity index (χ4v) is 11.3. The van der Waals surface area contributed by atoms with Crippen molar-refractivity contribution in [2.24, 2.45) is 0 Å². The van der Waals surface area contributed by atoms with E-state index in [9.17, 15) is 0 Å². The van der Waals surface area contributed by atoms with Gasteiger partial charge in [0.2, 0.25) is 0 Å². The van der Waals surface area contributed by atoms with E-state index in [-0.39, 0.29) is 28.4 Å². The number of hydrogen-bond donors (Lipinski definition) is 0. The van der Waals surface area contributed by atoms with Crippen LogP contribution in [-0.4, -0.2) is 6.71 Å². The van der Waals surface area contributed by atoms with Gasteiger partial charge in [-0.25, -0.2) is 0 Å². The average molecular weight is 886 g/mol. The minimum absolute atomic E-state index is 0.0181. The molecule has 8 aromatic carbocycles. The Hall–Kier alpha value is -6.78. The first-order valence-corrected chi connectivity index (χ1v) is 24.6. The average Bonchev–Trinajstić information content (AvgIpc) is 3.53. The molecule has 0 fully saturated rings. The van der Waals surface area contributed by atoms with Crippen LogP contribution in [0.5, 0.6) is 0 Å². The van der Waals surface area contributed by atoms with Gasteiger partial charge in [0.15, 0.2) is 0 Å². The van der Waals surface area contributed by atoms with Crippen molar-refractivity contribution in [3.63, 3.8) is 0 Å². The molecule has 0 aromatic heterocycles. The van der Waals surface area contributed by atoms with E-state index in [1.165, 1.54) is 95.0 Å². The Labute approximate surface area is 406 Å². The Balaban J connectivity index is 1.23. The summed E-state index contributed by atoms with van der Waals surface area (Å²) in [6.07, 6.45) is 0. The minimum Gasteiger partial charge on any atom is -0.311 e. The van der Waals surface area contributed by atoms with Gasteiger partial charge >= 0.3 is 0 Å². The SMILES string of the molecule is Cc1ccccc1N(c1ccccc1)c1ccc2c(c1)N(c1ccc(C(C)(C)C)cc1)c1cc(C(C)(C)C)cc3c1B2c1cc(C(C)(C)C)ccc1N3c1ccc2c(c1)C(C)(C)c1ccccc1-2. The van der Waals surface area contributed by atoms with E-state index in [4.69, 9.17) is 0 Å². The van der Waals surface area contributed by atoms with Crippen LogP contribution < -0.4 is 31.1 Å². The Morgan fingerprint density at radius 3 is 1.69 bits per heavy atom. The standard InChI is InChI=1S/C64H64BN3/c1-41-20-16-19-25-55(41)66(45-21-14-13-15-22-45)48-32-34-53-57(40-48)67(46-29-26-42(27-30-46)61(2,3)4)58-37-44(63(8,9)10)38-59-60(58)65(53)54-36-43(62(5,6)7)28-35-56(54)68(59)47-31-33-50-49-23-17-18-24-51(49)64(11,12)52(50)39-47/h13-40H,1-12H3. The number of benzene rings is 8. The molecule has 0 saturated heterocycles. The van der Waals surface area contributed by atoms with Crippen LogP contribution in [0, 0.1) is 6.92 Å². The molecule has 4 heteroatoms. The maximum atomic E-state index is 2.61. The number of nitrogens with zero attached hydrogens (tertiary/aromatic N) is 3. The Bertz CT molecular complexity index is 3290. The molecule has 0 saturated carbocycles. The largest absolute Gasteiger partial charge is 0.311 e. The van der Waals surface area contributed by atoms with Crippen molar-refractivity contribution in [3.8, 4) is 11.1 Å². The van der Waals surface area contributed by atoms with Gasteiger partial charge < -0.3 is 14.7 Å².